The number of rotatable bonds is 2. The molecule has 4 rings (SSSR count). The fourth-order valence-corrected chi connectivity index (χ4v) is 4.43. The van der Waals surface area contributed by atoms with Crippen LogP contribution in [0.3, 0.4) is 0 Å². The van der Waals surface area contributed by atoms with E-state index in [2.05, 4.69) is 29.2 Å². The number of fused-ring (bicyclic) bond motifs is 3. The van der Waals surface area contributed by atoms with Crippen LogP contribution in [0.15, 0.2) is 24.3 Å². The molecule has 3 heterocycles. The van der Waals surface area contributed by atoms with E-state index < -0.39 is 0 Å². The second-order valence-electron chi connectivity index (χ2n) is 6.62. The predicted octanol–water partition coefficient (Wildman–Crippen LogP) is 2.25. The molecule has 3 nitrogen and oxygen atoms in total. The van der Waals surface area contributed by atoms with Gasteiger partial charge >= 0.3 is 0 Å². The smallest absolute Gasteiger partial charge is 0.0954 e. The second-order valence-corrected chi connectivity index (χ2v) is 6.62. The highest BCUT2D eigenvalue weighted by Gasteiger charge is 2.41. The predicted molar refractivity (Wildman–Crippen MR) is 79.6 cm³/mol. The van der Waals surface area contributed by atoms with Crippen molar-refractivity contribution in [2.24, 2.45) is 5.73 Å². The Balaban J connectivity index is 1.53. The average Bonchev–Trinajstić information content (AvgIpc) is 2.70. The Morgan fingerprint density at radius 1 is 1.15 bits per heavy atom. The summed E-state index contributed by atoms with van der Waals surface area (Å²) in [6.45, 7) is 1.92. The van der Waals surface area contributed by atoms with Crippen molar-refractivity contribution in [3.63, 3.8) is 0 Å². The van der Waals surface area contributed by atoms with Gasteiger partial charge in [-0.1, -0.05) is 24.3 Å². The summed E-state index contributed by atoms with van der Waals surface area (Å²) in [4.78, 5) is 2.69. The number of hydrogen-bond donors (Lipinski definition) is 1. The quantitative estimate of drug-likeness (QED) is 0.897. The van der Waals surface area contributed by atoms with Gasteiger partial charge in [0, 0.05) is 24.7 Å². The first-order valence-corrected chi connectivity index (χ1v) is 8.02. The molecule has 108 valence electrons. The van der Waals surface area contributed by atoms with Gasteiger partial charge < -0.3 is 10.5 Å². The van der Waals surface area contributed by atoms with Gasteiger partial charge in [0.1, 0.15) is 0 Å². The maximum atomic E-state index is 6.17. The summed E-state index contributed by atoms with van der Waals surface area (Å²) in [5, 5.41) is 0. The first-order valence-electron chi connectivity index (χ1n) is 8.02. The average molecular weight is 272 g/mol. The zero-order valence-electron chi connectivity index (χ0n) is 12.0. The third kappa shape index (κ3) is 2.18. The van der Waals surface area contributed by atoms with Crippen LogP contribution in [0.2, 0.25) is 0 Å². The second kappa shape index (κ2) is 5.14. The molecule has 2 saturated heterocycles. The van der Waals surface area contributed by atoms with E-state index in [1.54, 1.807) is 0 Å². The Kier molecular flexibility index (Phi) is 3.29. The first kappa shape index (κ1) is 12.8. The highest BCUT2D eigenvalue weighted by atomic mass is 16.5. The minimum Gasteiger partial charge on any atom is -0.372 e. The summed E-state index contributed by atoms with van der Waals surface area (Å²) in [5.41, 5.74) is 9.06. The van der Waals surface area contributed by atoms with E-state index in [1.807, 2.05) is 0 Å². The van der Waals surface area contributed by atoms with Gasteiger partial charge in [-0.15, -0.1) is 0 Å². The van der Waals surface area contributed by atoms with Crippen molar-refractivity contribution in [1.29, 1.82) is 0 Å². The zero-order valence-corrected chi connectivity index (χ0v) is 12.0. The Hall–Kier alpha value is -0.900. The summed E-state index contributed by atoms with van der Waals surface area (Å²) in [6, 6.07) is 10.6. The van der Waals surface area contributed by atoms with Gasteiger partial charge in [0.05, 0.1) is 12.7 Å². The van der Waals surface area contributed by atoms with Crippen LogP contribution in [0.4, 0.5) is 0 Å². The first-order chi connectivity index (χ1) is 9.81. The molecule has 0 aromatic heterocycles. The van der Waals surface area contributed by atoms with Crippen LogP contribution in [0.25, 0.3) is 0 Å². The third-order valence-corrected chi connectivity index (χ3v) is 5.39. The minimum atomic E-state index is 0.261. The Bertz CT molecular complexity index is 476. The molecule has 0 spiro atoms. The van der Waals surface area contributed by atoms with Gasteiger partial charge in [-0.2, -0.15) is 0 Å². The summed E-state index contributed by atoms with van der Waals surface area (Å²) in [6.07, 6.45) is 6.32. The molecule has 2 bridgehead atoms. The molecule has 3 aliphatic heterocycles. The molecule has 1 aromatic carbocycles. The fourth-order valence-electron chi connectivity index (χ4n) is 4.43. The zero-order chi connectivity index (χ0) is 13.5. The van der Waals surface area contributed by atoms with E-state index in [9.17, 15) is 0 Å². The molecular weight excluding hydrogens is 248 g/mol. The Morgan fingerprint density at radius 3 is 2.70 bits per heavy atom. The van der Waals surface area contributed by atoms with Gasteiger partial charge in [0.15, 0.2) is 0 Å². The SMILES string of the molecule is NC1CC2CCC(C1)N2CC1OCCc2ccccc21. The molecule has 3 aliphatic rings. The van der Waals surface area contributed by atoms with Gasteiger partial charge in [-0.3, -0.25) is 4.90 Å². The number of nitrogens with two attached hydrogens (primary N) is 1. The highest BCUT2D eigenvalue weighted by Crippen LogP contribution is 2.38. The molecule has 0 saturated carbocycles. The largest absolute Gasteiger partial charge is 0.372 e. The van der Waals surface area contributed by atoms with Crippen molar-refractivity contribution >= 4 is 0 Å². The molecule has 20 heavy (non-hydrogen) atoms. The van der Waals surface area contributed by atoms with E-state index in [1.165, 1.54) is 36.8 Å². The highest BCUT2D eigenvalue weighted by molar-refractivity contribution is 5.31. The third-order valence-electron chi connectivity index (χ3n) is 5.39. The monoisotopic (exact) mass is 272 g/mol. The normalized spacial score (nSPS) is 36.9. The van der Waals surface area contributed by atoms with Crippen molar-refractivity contribution in [3.8, 4) is 0 Å². The molecule has 1 aromatic rings. The van der Waals surface area contributed by atoms with Gasteiger partial charge in [0.2, 0.25) is 0 Å². The van der Waals surface area contributed by atoms with E-state index >= 15 is 0 Å². The number of nitrogens with zero attached hydrogens (tertiary/aromatic N) is 1. The number of ether oxygens (including phenoxy) is 1. The maximum absolute atomic E-state index is 6.17. The molecule has 3 atom stereocenters. The molecular formula is C17H24N2O. The lowest BCUT2D eigenvalue weighted by molar-refractivity contribution is -0.00593. The minimum absolute atomic E-state index is 0.261. The molecule has 0 amide bonds. The summed E-state index contributed by atoms with van der Waals surface area (Å²) in [5.74, 6) is 0. The van der Waals surface area contributed by atoms with Crippen LogP contribution in [0, 0.1) is 0 Å². The van der Waals surface area contributed by atoms with Crippen LogP contribution in [0.1, 0.15) is 42.9 Å². The van der Waals surface area contributed by atoms with Crippen molar-refractivity contribution in [2.45, 2.75) is 56.3 Å². The molecule has 0 aliphatic carbocycles. The Morgan fingerprint density at radius 2 is 1.90 bits per heavy atom. The van der Waals surface area contributed by atoms with Gasteiger partial charge in [-0.05, 0) is 43.2 Å². The van der Waals surface area contributed by atoms with E-state index in [0.717, 1.165) is 19.6 Å². The maximum Gasteiger partial charge on any atom is 0.0954 e. The molecule has 2 N–H and O–H groups in total. The number of hydrogen-bond acceptors (Lipinski definition) is 3. The van der Waals surface area contributed by atoms with Crippen molar-refractivity contribution in [2.75, 3.05) is 13.2 Å². The van der Waals surface area contributed by atoms with Crippen LogP contribution >= 0.6 is 0 Å². The molecule has 0 radical (unpaired) electrons. The lowest BCUT2D eigenvalue weighted by atomic mass is 9.94. The molecule has 3 unspecified atom stereocenters. The standard InChI is InChI=1S/C17H24N2O/c18-13-9-14-5-6-15(10-13)19(14)11-17-16-4-2-1-3-12(16)7-8-20-17/h1-4,13-15,17H,5-11,18H2. The molecule has 3 heteroatoms. The van der Waals surface area contributed by atoms with E-state index in [0.29, 0.717) is 18.1 Å². The molecule has 2 fully saturated rings. The van der Waals surface area contributed by atoms with Gasteiger partial charge in [-0.25, -0.2) is 0 Å². The fraction of sp³-hybridized carbons (Fsp3) is 0.647. The van der Waals surface area contributed by atoms with Crippen LogP contribution < -0.4 is 5.73 Å². The topological polar surface area (TPSA) is 38.5 Å². The van der Waals surface area contributed by atoms with Crippen LogP contribution in [-0.2, 0) is 11.2 Å². The summed E-state index contributed by atoms with van der Waals surface area (Å²) < 4.78 is 6.09. The summed E-state index contributed by atoms with van der Waals surface area (Å²) in [7, 11) is 0. The van der Waals surface area contributed by atoms with Crippen LogP contribution in [-0.4, -0.2) is 36.2 Å². The van der Waals surface area contributed by atoms with Gasteiger partial charge in [0.25, 0.3) is 0 Å². The van der Waals surface area contributed by atoms with Crippen molar-refractivity contribution in [3.05, 3.63) is 35.4 Å². The Labute approximate surface area is 121 Å². The van der Waals surface area contributed by atoms with Crippen LogP contribution in [0.5, 0.6) is 0 Å². The van der Waals surface area contributed by atoms with Crippen molar-refractivity contribution in [1.82, 2.24) is 4.90 Å². The number of piperidine rings is 1. The number of benzene rings is 1. The van der Waals surface area contributed by atoms with Crippen molar-refractivity contribution < 1.29 is 4.74 Å². The lowest BCUT2D eigenvalue weighted by Crippen LogP contribution is -2.49. The van der Waals surface area contributed by atoms with E-state index in [4.69, 9.17) is 10.5 Å². The van der Waals surface area contributed by atoms with E-state index in [-0.39, 0.29) is 6.10 Å². The lowest BCUT2D eigenvalue weighted by Gasteiger charge is -2.40. The summed E-state index contributed by atoms with van der Waals surface area (Å²) >= 11 is 0.